The first-order valence-corrected chi connectivity index (χ1v) is 8.66. The number of benzene rings is 1. The van der Waals surface area contributed by atoms with Crippen molar-refractivity contribution in [1.82, 2.24) is 0 Å². The summed E-state index contributed by atoms with van der Waals surface area (Å²) in [6, 6.07) is 10.3. The van der Waals surface area contributed by atoms with Gasteiger partial charge in [0, 0.05) is 12.0 Å². The van der Waals surface area contributed by atoms with Crippen molar-refractivity contribution in [2.75, 3.05) is 0 Å². The van der Waals surface area contributed by atoms with Crippen LogP contribution < -0.4 is 5.73 Å². The number of nitro groups is 1. The van der Waals surface area contributed by atoms with E-state index in [9.17, 15) is 25.9 Å². The first-order valence-electron chi connectivity index (χ1n) is 8.28. The summed E-state index contributed by atoms with van der Waals surface area (Å²) in [6.45, 7) is 0. The zero-order valence-corrected chi connectivity index (χ0v) is 14.9. The maximum Gasteiger partial charge on any atom is 0.288 e. The third kappa shape index (κ3) is 2.63. The monoisotopic (exact) mass is 379 g/mol. The van der Waals surface area contributed by atoms with Crippen LogP contribution in [0.5, 0.6) is 0 Å². The molecule has 0 saturated heterocycles. The minimum atomic E-state index is -1.79. The molecule has 0 aromatic heterocycles. The minimum absolute atomic E-state index is 0.0280. The van der Waals surface area contributed by atoms with Crippen molar-refractivity contribution in [3.63, 3.8) is 0 Å². The molecule has 0 bridgehead atoms. The largest absolute Gasteiger partial charge is 0.399 e. The van der Waals surface area contributed by atoms with Gasteiger partial charge in [-0.05, 0) is 42.4 Å². The van der Waals surface area contributed by atoms with Gasteiger partial charge < -0.3 is 5.73 Å². The number of halogens is 1. The van der Waals surface area contributed by atoms with Crippen LogP contribution in [0.3, 0.4) is 0 Å². The number of fused-ring (bicyclic) bond motifs is 1. The normalized spacial score (nSPS) is 23.3. The molecule has 8 heteroatoms. The van der Waals surface area contributed by atoms with Crippen molar-refractivity contribution in [3.8, 4) is 18.2 Å². The number of hydrogen-bond acceptors (Lipinski definition) is 6. The van der Waals surface area contributed by atoms with Gasteiger partial charge in [0.2, 0.25) is 0 Å². The summed E-state index contributed by atoms with van der Waals surface area (Å²) in [7, 11) is 0. The highest BCUT2D eigenvalue weighted by molar-refractivity contribution is 6.32. The fraction of sp³-hybridized carbons (Fsp3) is 0.316. The average molecular weight is 380 g/mol. The molecule has 0 spiro atoms. The van der Waals surface area contributed by atoms with Crippen molar-refractivity contribution < 1.29 is 4.92 Å². The summed E-state index contributed by atoms with van der Waals surface area (Å²) in [5.41, 5.74) is 5.30. The van der Waals surface area contributed by atoms with Gasteiger partial charge in [-0.25, -0.2) is 0 Å². The Labute approximate surface area is 160 Å². The van der Waals surface area contributed by atoms with Gasteiger partial charge in [0.15, 0.2) is 5.41 Å². The van der Waals surface area contributed by atoms with E-state index >= 15 is 0 Å². The summed E-state index contributed by atoms with van der Waals surface area (Å²) >= 11 is 5.92. The third-order valence-electron chi connectivity index (χ3n) is 5.33. The van der Waals surface area contributed by atoms with Gasteiger partial charge in [-0.15, -0.1) is 0 Å². The molecule has 2 N–H and O–H groups in total. The van der Waals surface area contributed by atoms with E-state index in [1.165, 1.54) is 12.1 Å². The smallest absolute Gasteiger partial charge is 0.288 e. The Bertz CT molecular complexity index is 1010. The lowest BCUT2D eigenvalue weighted by atomic mass is 9.57. The summed E-state index contributed by atoms with van der Waals surface area (Å²) in [6.07, 6.45) is 4.15. The van der Waals surface area contributed by atoms with Crippen molar-refractivity contribution in [2.45, 2.75) is 25.2 Å². The summed E-state index contributed by atoms with van der Waals surface area (Å²) < 4.78 is 0. The van der Waals surface area contributed by atoms with Crippen LogP contribution in [0.4, 0.5) is 5.69 Å². The number of nitrogens with two attached hydrogens (primary N) is 1. The van der Waals surface area contributed by atoms with Gasteiger partial charge >= 0.3 is 0 Å². The van der Waals surface area contributed by atoms with Crippen LogP contribution in [0.25, 0.3) is 0 Å². The van der Waals surface area contributed by atoms with Crippen LogP contribution in [0.15, 0.2) is 41.1 Å². The van der Waals surface area contributed by atoms with Gasteiger partial charge in [-0.3, -0.25) is 10.1 Å². The number of nitro benzene ring substituents is 1. The molecule has 0 radical (unpaired) electrons. The Hall–Kier alpha value is -3.34. The molecule has 0 fully saturated rings. The molecule has 1 aromatic rings. The Morgan fingerprint density at radius 3 is 2.59 bits per heavy atom. The van der Waals surface area contributed by atoms with E-state index in [1.807, 2.05) is 24.3 Å². The molecule has 2 unspecified atom stereocenters. The van der Waals surface area contributed by atoms with Gasteiger partial charge in [0.05, 0.1) is 28.3 Å². The summed E-state index contributed by atoms with van der Waals surface area (Å²) in [5, 5.41) is 40.7. The van der Waals surface area contributed by atoms with Crippen LogP contribution in [0, 0.1) is 55.4 Å². The molecular formula is C19H14ClN5O2. The molecule has 27 heavy (non-hydrogen) atoms. The van der Waals surface area contributed by atoms with Crippen LogP contribution in [0.1, 0.15) is 30.7 Å². The fourth-order valence-corrected chi connectivity index (χ4v) is 4.30. The molecule has 1 aromatic carbocycles. The molecule has 2 atom stereocenters. The molecule has 0 saturated carbocycles. The SMILES string of the molecule is N#CC1=C(N)C(C#N)(C#N)C(c2ccc(Cl)c([N+](=O)[O-])c2)C2CCCC=C12. The van der Waals surface area contributed by atoms with E-state index in [0.29, 0.717) is 17.6 Å². The second-order valence-corrected chi connectivity index (χ2v) is 6.98. The molecule has 2 aliphatic carbocycles. The molecule has 134 valence electrons. The van der Waals surface area contributed by atoms with E-state index in [-0.39, 0.29) is 27.9 Å². The Kier molecular flexibility index (Phi) is 4.62. The predicted molar refractivity (Wildman–Crippen MR) is 96.8 cm³/mol. The number of rotatable bonds is 2. The molecule has 0 amide bonds. The van der Waals surface area contributed by atoms with Crippen LogP contribution in [-0.2, 0) is 0 Å². The van der Waals surface area contributed by atoms with E-state index < -0.39 is 16.3 Å². The van der Waals surface area contributed by atoms with Crippen molar-refractivity contribution in [1.29, 1.82) is 15.8 Å². The first-order chi connectivity index (χ1) is 12.9. The van der Waals surface area contributed by atoms with Crippen molar-refractivity contribution in [2.24, 2.45) is 17.1 Å². The number of allylic oxidation sites excluding steroid dienone is 4. The highest BCUT2D eigenvalue weighted by Crippen LogP contribution is 2.56. The van der Waals surface area contributed by atoms with Gasteiger partial charge in [-0.1, -0.05) is 23.7 Å². The second-order valence-electron chi connectivity index (χ2n) is 6.57. The minimum Gasteiger partial charge on any atom is -0.399 e. The Balaban J connectivity index is 2.34. The maximum atomic E-state index is 11.3. The van der Waals surface area contributed by atoms with Gasteiger partial charge in [0.25, 0.3) is 5.69 Å². The molecule has 0 heterocycles. The average Bonchev–Trinajstić information content (AvgIpc) is 2.67. The Morgan fingerprint density at radius 1 is 1.30 bits per heavy atom. The zero-order chi connectivity index (χ0) is 19.8. The summed E-state index contributed by atoms with van der Waals surface area (Å²) in [4.78, 5) is 10.7. The van der Waals surface area contributed by atoms with Gasteiger partial charge in [0.1, 0.15) is 11.1 Å². The zero-order valence-electron chi connectivity index (χ0n) is 14.1. The molecule has 3 rings (SSSR count). The topological polar surface area (TPSA) is 141 Å². The lowest BCUT2D eigenvalue weighted by Crippen LogP contribution is -2.42. The van der Waals surface area contributed by atoms with Crippen LogP contribution >= 0.6 is 11.6 Å². The summed E-state index contributed by atoms with van der Waals surface area (Å²) in [5.74, 6) is -1.03. The lowest BCUT2D eigenvalue weighted by molar-refractivity contribution is -0.384. The Morgan fingerprint density at radius 2 is 2.00 bits per heavy atom. The predicted octanol–water partition coefficient (Wildman–Crippen LogP) is 3.84. The van der Waals surface area contributed by atoms with E-state index in [4.69, 9.17) is 17.3 Å². The standard InChI is InChI=1S/C19H14ClN5O2/c20-15-6-5-11(7-16(15)25(26)27)17-13-4-2-1-3-12(13)14(8-21)18(24)19(17,9-22)10-23/h3,5-7,13,17H,1-2,4,24H2. The second kappa shape index (κ2) is 6.76. The van der Waals surface area contributed by atoms with E-state index in [1.54, 1.807) is 6.07 Å². The highest BCUT2D eigenvalue weighted by Gasteiger charge is 2.54. The molecule has 7 nitrogen and oxygen atoms in total. The number of nitrogens with zero attached hydrogens (tertiary/aromatic N) is 4. The maximum absolute atomic E-state index is 11.3. The number of nitriles is 3. The fourth-order valence-electron chi connectivity index (χ4n) is 4.11. The molecular weight excluding hydrogens is 366 g/mol. The molecule has 2 aliphatic rings. The van der Waals surface area contributed by atoms with Crippen LogP contribution in [0.2, 0.25) is 5.02 Å². The molecule has 0 aliphatic heterocycles. The van der Waals surface area contributed by atoms with E-state index in [2.05, 4.69) is 0 Å². The highest BCUT2D eigenvalue weighted by atomic mass is 35.5. The van der Waals surface area contributed by atoms with E-state index in [0.717, 1.165) is 12.8 Å². The van der Waals surface area contributed by atoms with Gasteiger partial charge in [-0.2, -0.15) is 15.8 Å². The number of hydrogen-bond donors (Lipinski definition) is 1. The first kappa shape index (κ1) is 18.5. The van der Waals surface area contributed by atoms with Crippen LogP contribution in [-0.4, -0.2) is 4.92 Å². The lowest BCUT2D eigenvalue weighted by Gasteiger charge is -2.43. The van der Waals surface area contributed by atoms with Crippen molar-refractivity contribution in [3.05, 3.63) is 61.8 Å². The van der Waals surface area contributed by atoms with Crippen molar-refractivity contribution >= 4 is 17.3 Å². The third-order valence-corrected chi connectivity index (χ3v) is 5.64. The quantitative estimate of drug-likeness (QED) is 0.611.